The molecule has 0 saturated carbocycles. The van der Waals surface area contributed by atoms with Crippen molar-refractivity contribution in [3.05, 3.63) is 30.3 Å². The van der Waals surface area contributed by atoms with Gasteiger partial charge >= 0.3 is 0 Å². The van der Waals surface area contributed by atoms with Crippen LogP contribution in [0.1, 0.15) is 52.4 Å². The minimum absolute atomic E-state index is 0.260. The molecule has 0 N–H and O–H groups in total. The van der Waals surface area contributed by atoms with E-state index in [1.807, 2.05) is 6.07 Å². The van der Waals surface area contributed by atoms with E-state index in [-0.39, 0.29) is 8.15 Å². The zero-order valence-electron chi connectivity index (χ0n) is 11.9. The molecule has 0 aliphatic rings. The first-order chi connectivity index (χ1) is 8.86. The average molecular weight is 266 g/mol. The monoisotopic (exact) mass is 266 g/mol. The summed E-state index contributed by atoms with van der Waals surface area (Å²) in [6.07, 6.45) is 10.4. The van der Waals surface area contributed by atoms with Crippen molar-refractivity contribution in [2.75, 3.05) is 12.3 Å². The lowest BCUT2D eigenvalue weighted by Crippen LogP contribution is -1.98. The van der Waals surface area contributed by atoms with E-state index < -0.39 is 0 Å². The Morgan fingerprint density at radius 1 is 0.833 bits per heavy atom. The predicted molar refractivity (Wildman–Crippen MR) is 82.8 cm³/mol. The van der Waals surface area contributed by atoms with Crippen LogP contribution in [-0.2, 0) is 0 Å². The molecule has 0 heterocycles. The quantitative estimate of drug-likeness (QED) is 0.381. The van der Waals surface area contributed by atoms with Crippen LogP contribution in [0, 0.1) is 0 Å². The van der Waals surface area contributed by atoms with E-state index >= 15 is 0 Å². The maximum Gasteiger partial charge on any atom is 0.123 e. The van der Waals surface area contributed by atoms with E-state index in [0.717, 1.165) is 5.75 Å². The number of rotatable bonds is 10. The third kappa shape index (κ3) is 7.01. The summed E-state index contributed by atoms with van der Waals surface area (Å²) in [5, 5.41) is 0. The summed E-state index contributed by atoms with van der Waals surface area (Å²) in [5.74, 6) is 1.05. The van der Waals surface area contributed by atoms with Gasteiger partial charge in [-0.25, -0.2) is 0 Å². The number of benzene rings is 1. The first-order valence-corrected chi connectivity index (χ1v) is 8.97. The molecule has 1 aromatic rings. The fourth-order valence-corrected chi connectivity index (χ4v) is 3.89. The molecule has 1 rings (SSSR count). The van der Waals surface area contributed by atoms with Crippen LogP contribution >= 0.6 is 8.15 Å². The molecule has 1 aromatic carbocycles. The molecule has 0 bridgehead atoms. The van der Waals surface area contributed by atoms with Crippen LogP contribution in [0.3, 0.4) is 0 Å². The number of para-hydroxylation sites is 1. The Morgan fingerprint density at radius 2 is 1.39 bits per heavy atom. The lowest BCUT2D eigenvalue weighted by Gasteiger charge is -2.18. The molecule has 0 fully saturated rings. The van der Waals surface area contributed by atoms with E-state index in [9.17, 15) is 0 Å². The molecule has 18 heavy (non-hydrogen) atoms. The fraction of sp³-hybridized carbons (Fsp3) is 0.625. The minimum Gasteiger partial charge on any atom is -0.474 e. The smallest absolute Gasteiger partial charge is 0.123 e. The molecule has 0 atom stereocenters. The highest BCUT2D eigenvalue weighted by molar-refractivity contribution is 7.52. The molecule has 0 aliphatic heterocycles. The maximum atomic E-state index is 6.17. The Labute approximate surface area is 114 Å². The Hall–Kier alpha value is -0.550. The Kier molecular flexibility index (Phi) is 8.94. The molecular formula is C16H27OP. The summed E-state index contributed by atoms with van der Waals surface area (Å²) < 4.78 is 6.17. The zero-order chi connectivity index (χ0) is 13.1. The first-order valence-electron chi connectivity index (χ1n) is 7.34. The largest absolute Gasteiger partial charge is 0.474 e. The predicted octanol–water partition coefficient (Wildman–Crippen LogP) is 5.84. The van der Waals surface area contributed by atoms with Gasteiger partial charge < -0.3 is 4.52 Å². The van der Waals surface area contributed by atoms with E-state index in [4.69, 9.17) is 4.52 Å². The van der Waals surface area contributed by atoms with Crippen molar-refractivity contribution < 1.29 is 4.52 Å². The molecule has 102 valence electrons. The molecule has 1 nitrogen and oxygen atoms in total. The van der Waals surface area contributed by atoms with Crippen molar-refractivity contribution in [1.82, 2.24) is 0 Å². The Balaban J connectivity index is 2.37. The van der Waals surface area contributed by atoms with Crippen LogP contribution in [0.25, 0.3) is 0 Å². The van der Waals surface area contributed by atoms with E-state index in [1.54, 1.807) is 0 Å². The second-order valence-corrected chi connectivity index (χ2v) is 6.79. The average Bonchev–Trinajstić information content (AvgIpc) is 2.40. The topological polar surface area (TPSA) is 9.23 Å². The van der Waals surface area contributed by atoms with Gasteiger partial charge in [-0.2, -0.15) is 0 Å². The number of hydrogen-bond donors (Lipinski definition) is 0. The van der Waals surface area contributed by atoms with Gasteiger partial charge in [-0.15, -0.1) is 0 Å². The van der Waals surface area contributed by atoms with Crippen molar-refractivity contribution in [2.45, 2.75) is 52.4 Å². The van der Waals surface area contributed by atoms with Crippen LogP contribution in [-0.4, -0.2) is 12.3 Å². The Morgan fingerprint density at radius 3 is 1.89 bits per heavy atom. The third-order valence-electron chi connectivity index (χ3n) is 3.00. The first kappa shape index (κ1) is 15.5. The van der Waals surface area contributed by atoms with E-state index in [0.29, 0.717) is 0 Å². The molecule has 0 spiro atoms. The lowest BCUT2D eigenvalue weighted by atomic mass is 10.3. The Bertz CT molecular complexity index is 276. The molecule has 0 saturated heterocycles. The van der Waals surface area contributed by atoms with Crippen molar-refractivity contribution in [2.24, 2.45) is 0 Å². The van der Waals surface area contributed by atoms with Gasteiger partial charge in [0.15, 0.2) is 0 Å². The summed E-state index contributed by atoms with van der Waals surface area (Å²) in [4.78, 5) is 0. The van der Waals surface area contributed by atoms with E-state index in [1.165, 1.54) is 50.8 Å². The van der Waals surface area contributed by atoms with Gasteiger partial charge in [-0.1, -0.05) is 57.7 Å². The van der Waals surface area contributed by atoms with Gasteiger partial charge in [-0.05, 0) is 25.0 Å². The van der Waals surface area contributed by atoms with Crippen molar-refractivity contribution in [1.29, 1.82) is 0 Å². The molecule has 0 aromatic heterocycles. The summed E-state index contributed by atoms with van der Waals surface area (Å²) >= 11 is 0. The van der Waals surface area contributed by atoms with Gasteiger partial charge in [0.2, 0.25) is 0 Å². The highest BCUT2D eigenvalue weighted by Crippen LogP contribution is 2.40. The molecule has 0 unspecified atom stereocenters. The van der Waals surface area contributed by atoms with Gasteiger partial charge in [-0.3, -0.25) is 0 Å². The van der Waals surface area contributed by atoms with Gasteiger partial charge in [0.05, 0.1) is 8.15 Å². The molecule has 2 heteroatoms. The zero-order valence-corrected chi connectivity index (χ0v) is 12.8. The lowest BCUT2D eigenvalue weighted by molar-refractivity contribution is 0.600. The fourth-order valence-electron chi connectivity index (χ4n) is 1.91. The van der Waals surface area contributed by atoms with Crippen LogP contribution in [0.4, 0.5) is 0 Å². The third-order valence-corrected chi connectivity index (χ3v) is 5.10. The van der Waals surface area contributed by atoms with Crippen LogP contribution in [0.15, 0.2) is 30.3 Å². The van der Waals surface area contributed by atoms with Crippen molar-refractivity contribution >= 4 is 8.15 Å². The molecule has 0 aliphatic carbocycles. The number of hydrogen-bond acceptors (Lipinski definition) is 1. The molecular weight excluding hydrogens is 239 g/mol. The summed E-state index contributed by atoms with van der Waals surface area (Å²) in [7, 11) is -0.260. The van der Waals surface area contributed by atoms with Crippen molar-refractivity contribution in [3.63, 3.8) is 0 Å². The minimum atomic E-state index is -0.260. The maximum absolute atomic E-state index is 6.17. The molecule has 0 radical (unpaired) electrons. The van der Waals surface area contributed by atoms with Gasteiger partial charge in [0, 0.05) is 12.3 Å². The van der Waals surface area contributed by atoms with Crippen LogP contribution < -0.4 is 4.52 Å². The summed E-state index contributed by atoms with van der Waals surface area (Å²) in [6.45, 7) is 4.52. The number of unbranched alkanes of at least 4 members (excludes halogenated alkanes) is 4. The van der Waals surface area contributed by atoms with Crippen molar-refractivity contribution in [3.8, 4) is 5.75 Å². The van der Waals surface area contributed by atoms with Crippen LogP contribution in [0.5, 0.6) is 5.75 Å². The second kappa shape index (κ2) is 10.4. The second-order valence-electron chi connectivity index (χ2n) is 4.75. The van der Waals surface area contributed by atoms with E-state index in [2.05, 4.69) is 38.1 Å². The summed E-state index contributed by atoms with van der Waals surface area (Å²) in [5.41, 5.74) is 0. The highest BCUT2D eigenvalue weighted by Gasteiger charge is 2.10. The standard InChI is InChI=1S/C16H27OP/c1-3-5-10-14-18(15-11-6-4-2)17-16-12-8-7-9-13-16/h7-9,12-13H,3-6,10-11,14-15H2,1-2H3. The molecule has 0 amide bonds. The SMILES string of the molecule is CCCCCP(CCCCC)Oc1ccccc1. The van der Waals surface area contributed by atoms with Gasteiger partial charge in [0.1, 0.15) is 5.75 Å². The normalized spacial score (nSPS) is 10.8. The van der Waals surface area contributed by atoms with Gasteiger partial charge in [0.25, 0.3) is 0 Å². The highest BCUT2D eigenvalue weighted by atomic mass is 31.1. The van der Waals surface area contributed by atoms with Crippen LogP contribution in [0.2, 0.25) is 0 Å². The summed E-state index contributed by atoms with van der Waals surface area (Å²) in [6, 6.07) is 10.3.